The van der Waals surface area contributed by atoms with Crippen molar-refractivity contribution >= 4 is 27.5 Å². The van der Waals surface area contributed by atoms with Crippen molar-refractivity contribution in [2.45, 2.75) is 26.3 Å². The van der Waals surface area contributed by atoms with Gasteiger partial charge in [0.1, 0.15) is 5.82 Å². The van der Waals surface area contributed by atoms with Crippen LogP contribution in [0.3, 0.4) is 0 Å². The van der Waals surface area contributed by atoms with E-state index in [0.29, 0.717) is 10.0 Å². The van der Waals surface area contributed by atoms with Crippen LogP contribution in [0.5, 0.6) is 0 Å². The zero-order chi connectivity index (χ0) is 15.4. The smallest absolute Gasteiger partial charge is 0.147 e. The molecule has 1 unspecified atom stereocenters. The first-order valence-electron chi connectivity index (χ1n) is 6.95. The fourth-order valence-corrected chi connectivity index (χ4v) is 2.89. The van der Waals surface area contributed by atoms with Crippen LogP contribution in [-0.2, 0) is 6.42 Å². The summed E-state index contributed by atoms with van der Waals surface area (Å²) in [4.78, 5) is 0. The largest absolute Gasteiger partial charge is 0.310 e. The van der Waals surface area contributed by atoms with E-state index in [2.05, 4.69) is 40.3 Å². The molecule has 112 valence electrons. The van der Waals surface area contributed by atoms with Gasteiger partial charge in [0.25, 0.3) is 0 Å². The van der Waals surface area contributed by atoms with Crippen molar-refractivity contribution in [2.24, 2.45) is 0 Å². The van der Waals surface area contributed by atoms with Gasteiger partial charge in [0, 0.05) is 16.1 Å². The van der Waals surface area contributed by atoms with Gasteiger partial charge in [-0.15, -0.1) is 0 Å². The second-order valence-corrected chi connectivity index (χ2v) is 6.24. The molecule has 0 saturated carbocycles. The summed E-state index contributed by atoms with van der Waals surface area (Å²) in [6, 6.07) is 11.7. The average Bonchev–Trinajstić information content (AvgIpc) is 2.47. The molecule has 0 aliphatic heterocycles. The zero-order valence-corrected chi connectivity index (χ0v) is 14.4. The van der Waals surface area contributed by atoms with Crippen molar-refractivity contribution in [3.8, 4) is 0 Å². The Bertz CT molecular complexity index is 630. The van der Waals surface area contributed by atoms with Crippen LogP contribution in [0.4, 0.5) is 4.39 Å². The lowest BCUT2D eigenvalue weighted by Gasteiger charge is -2.21. The summed E-state index contributed by atoms with van der Waals surface area (Å²) in [5.41, 5.74) is 3.03. The number of aryl methyl sites for hydroxylation is 1. The van der Waals surface area contributed by atoms with Gasteiger partial charge in [-0.05, 0) is 53.0 Å². The topological polar surface area (TPSA) is 12.0 Å². The van der Waals surface area contributed by atoms with E-state index in [1.165, 1.54) is 11.1 Å². The Morgan fingerprint density at radius 1 is 1.24 bits per heavy atom. The highest BCUT2D eigenvalue weighted by Crippen LogP contribution is 2.32. The first-order chi connectivity index (χ1) is 10.0. The van der Waals surface area contributed by atoms with E-state index >= 15 is 0 Å². The van der Waals surface area contributed by atoms with Gasteiger partial charge >= 0.3 is 0 Å². The van der Waals surface area contributed by atoms with Crippen molar-refractivity contribution in [3.63, 3.8) is 0 Å². The van der Waals surface area contributed by atoms with Gasteiger partial charge < -0.3 is 5.32 Å². The number of halogens is 3. The maximum Gasteiger partial charge on any atom is 0.147 e. The molecule has 0 aliphatic rings. The first kappa shape index (κ1) is 16.5. The van der Waals surface area contributed by atoms with Crippen LogP contribution in [-0.4, -0.2) is 6.54 Å². The summed E-state index contributed by atoms with van der Waals surface area (Å²) < 4.78 is 15.0. The number of nitrogens with one attached hydrogen (secondary N) is 1. The molecule has 1 nitrogen and oxygen atoms in total. The van der Waals surface area contributed by atoms with Crippen molar-refractivity contribution in [2.75, 3.05) is 6.54 Å². The summed E-state index contributed by atoms with van der Waals surface area (Å²) >= 11 is 9.27. The maximum atomic E-state index is 14.4. The Kier molecular flexibility index (Phi) is 5.80. The molecule has 0 radical (unpaired) electrons. The summed E-state index contributed by atoms with van der Waals surface area (Å²) in [6.07, 6.45) is 0.732. The van der Waals surface area contributed by atoms with Gasteiger partial charge in [-0.2, -0.15) is 0 Å². The summed E-state index contributed by atoms with van der Waals surface area (Å²) in [6.45, 7) is 4.86. The quantitative estimate of drug-likeness (QED) is 0.691. The third kappa shape index (κ3) is 3.85. The molecular formula is C17H18BrClFN. The molecule has 0 saturated heterocycles. The van der Waals surface area contributed by atoms with Gasteiger partial charge in [0.15, 0.2) is 0 Å². The molecule has 2 aromatic rings. The van der Waals surface area contributed by atoms with E-state index in [9.17, 15) is 4.39 Å². The van der Waals surface area contributed by atoms with E-state index < -0.39 is 0 Å². The SMILES string of the molecule is CCNC(Cc1ccccc1C)c1ccc(Br)c(Cl)c1F. The van der Waals surface area contributed by atoms with E-state index in [1.807, 2.05) is 19.1 Å². The molecule has 0 aliphatic carbocycles. The minimum Gasteiger partial charge on any atom is -0.310 e. The highest BCUT2D eigenvalue weighted by Gasteiger charge is 2.19. The molecule has 0 bridgehead atoms. The predicted molar refractivity (Wildman–Crippen MR) is 90.4 cm³/mol. The van der Waals surface area contributed by atoms with Crippen LogP contribution in [0.15, 0.2) is 40.9 Å². The lowest BCUT2D eigenvalue weighted by molar-refractivity contribution is 0.509. The molecule has 4 heteroatoms. The predicted octanol–water partition coefficient (Wildman–Crippen LogP) is 5.44. The Labute approximate surface area is 138 Å². The van der Waals surface area contributed by atoms with Gasteiger partial charge in [0.05, 0.1) is 5.02 Å². The van der Waals surface area contributed by atoms with E-state index in [1.54, 1.807) is 12.1 Å². The van der Waals surface area contributed by atoms with Crippen LogP contribution >= 0.6 is 27.5 Å². The van der Waals surface area contributed by atoms with E-state index in [-0.39, 0.29) is 16.9 Å². The highest BCUT2D eigenvalue weighted by atomic mass is 79.9. The summed E-state index contributed by atoms with van der Waals surface area (Å²) in [5, 5.41) is 3.49. The third-order valence-electron chi connectivity index (χ3n) is 3.58. The second-order valence-electron chi connectivity index (χ2n) is 5.01. The number of benzene rings is 2. The lowest BCUT2D eigenvalue weighted by Crippen LogP contribution is -2.24. The van der Waals surface area contributed by atoms with Crippen LogP contribution in [0.2, 0.25) is 5.02 Å². The Morgan fingerprint density at radius 3 is 2.62 bits per heavy atom. The lowest BCUT2D eigenvalue weighted by atomic mass is 9.95. The molecule has 0 heterocycles. The monoisotopic (exact) mass is 369 g/mol. The second kappa shape index (κ2) is 7.39. The fourth-order valence-electron chi connectivity index (χ4n) is 2.41. The molecular weight excluding hydrogens is 353 g/mol. The minimum atomic E-state index is -0.356. The molecule has 0 spiro atoms. The molecule has 1 atom stereocenters. The van der Waals surface area contributed by atoms with E-state index in [4.69, 9.17) is 11.6 Å². The highest BCUT2D eigenvalue weighted by molar-refractivity contribution is 9.10. The zero-order valence-electron chi connectivity index (χ0n) is 12.1. The molecule has 2 aromatic carbocycles. The van der Waals surface area contributed by atoms with Gasteiger partial charge in [-0.1, -0.05) is 48.9 Å². The van der Waals surface area contributed by atoms with Crippen molar-refractivity contribution < 1.29 is 4.39 Å². The normalized spacial score (nSPS) is 12.4. The van der Waals surface area contributed by atoms with Gasteiger partial charge in [0.2, 0.25) is 0 Å². The standard InChI is InChI=1S/C17H18BrClFN/c1-3-21-15(10-12-7-5-4-6-11(12)2)13-8-9-14(18)16(19)17(13)20/h4-9,15,21H,3,10H2,1-2H3. The molecule has 21 heavy (non-hydrogen) atoms. The molecule has 0 aromatic heterocycles. The molecule has 1 N–H and O–H groups in total. The van der Waals surface area contributed by atoms with Crippen LogP contribution in [0.25, 0.3) is 0 Å². The molecule has 0 fully saturated rings. The minimum absolute atomic E-state index is 0.0956. The average molecular weight is 371 g/mol. The van der Waals surface area contributed by atoms with Crippen molar-refractivity contribution in [1.29, 1.82) is 0 Å². The van der Waals surface area contributed by atoms with Crippen LogP contribution < -0.4 is 5.32 Å². The summed E-state index contributed by atoms with van der Waals surface area (Å²) in [5.74, 6) is -0.356. The third-order valence-corrected chi connectivity index (χ3v) is 4.83. The van der Waals surface area contributed by atoms with Gasteiger partial charge in [-0.25, -0.2) is 4.39 Å². The number of hydrogen-bond acceptors (Lipinski definition) is 1. The maximum absolute atomic E-state index is 14.4. The first-order valence-corrected chi connectivity index (χ1v) is 8.13. The van der Waals surface area contributed by atoms with Crippen molar-refractivity contribution in [3.05, 3.63) is 68.4 Å². The number of likely N-dealkylation sites (N-methyl/N-ethyl adjacent to an activating group) is 1. The summed E-state index contributed by atoms with van der Waals surface area (Å²) in [7, 11) is 0. The van der Waals surface area contributed by atoms with Gasteiger partial charge in [-0.3, -0.25) is 0 Å². The van der Waals surface area contributed by atoms with Crippen molar-refractivity contribution in [1.82, 2.24) is 5.32 Å². The molecule has 0 amide bonds. The Morgan fingerprint density at radius 2 is 1.95 bits per heavy atom. The van der Waals surface area contributed by atoms with Crippen LogP contribution in [0, 0.1) is 12.7 Å². The Hall–Kier alpha value is -0.900. The van der Waals surface area contributed by atoms with E-state index in [0.717, 1.165) is 13.0 Å². The number of hydrogen-bond donors (Lipinski definition) is 1. The Balaban J connectivity index is 2.36. The number of rotatable bonds is 5. The molecule has 2 rings (SSSR count). The fraction of sp³-hybridized carbons (Fsp3) is 0.294. The van der Waals surface area contributed by atoms with Crippen LogP contribution in [0.1, 0.15) is 29.7 Å².